The summed E-state index contributed by atoms with van der Waals surface area (Å²) >= 11 is 0. The van der Waals surface area contributed by atoms with Gasteiger partial charge < -0.3 is 29.9 Å². The number of carbonyl (C=O) groups is 1. The van der Waals surface area contributed by atoms with Gasteiger partial charge in [0, 0.05) is 43.6 Å². The number of imidazole rings is 1. The SMILES string of the molecule is COc1cc(S(C)(=O)=O)ccc1NCC#Cc1cc(C(=O)N[C@H]2CCN(CCC(C)(C)O)C[C@@H]2C)c2ncn(CC(F)(F)F)c2c1. The molecule has 3 aromatic rings. The van der Waals surface area contributed by atoms with Crippen molar-refractivity contribution in [3.8, 4) is 17.6 Å². The molecule has 0 aliphatic carbocycles. The molecule has 0 unspecified atom stereocenters. The maximum atomic E-state index is 13.6. The van der Waals surface area contributed by atoms with Gasteiger partial charge in [0.1, 0.15) is 17.8 Å². The molecule has 4 rings (SSSR count). The monoisotopic (exact) mass is 663 g/mol. The van der Waals surface area contributed by atoms with E-state index in [-0.39, 0.29) is 40.0 Å². The highest BCUT2D eigenvalue weighted by atomic mass is 32.2. The second-order valence-corrected chi connectivity index (χ2v) is 14.4. The molecular weight excluding hydrogens is 623 g/mol. The fraction of sp³-hybridized carbons (Fsp3) is 0.500. The van der Waals surface area contributed by atoms with Crippen molar-refractivity contribution in [3.05, 3.63) is 47.8 Å². The molecule has 1 fully saturated rings. The second kappa shape index (κ2) is 13.9. The Balaban J connectivity index is 1.55. The third-order valence-corrected chi connectivity index (χ3v) is 8.98. The smallest absolute Gasteiger partial charge is 0.406 e. The van der Waals surface area contributed by atoms with E-state index in [1.807, 2.05) is 6.92 Å². The van der Waals surface area contributed by atoms with Gasteiger partial charge in [-0.05, 0) is 56.9 Å². The zero-order valence-electron chi connectivity index (χ0n) is 26.5. The number of amides is 1. The van der Waals surface area contributed by atoms with E-state index in [1.54, 1.807) is 19.9 Å². The summed E-state index contributed by atoms with van der Waals surface area (Å²) in [4.78, 5) is 20.1. The van der Waals surface area contributed by atoms with Gasteiger partial charge in [-0.25, -0.2) is 13.4 Å². The van der Waals surface area contributed by atoms with Crippen molar-refractivity contribution in [1.82, 2.24) is 19.8 Å². The molecule has 1 aromatic heterocycles. The number of aliphatic hydroxyl groups is 1. The lowest BCUT2D eigenvalue weighted by molar-refractivity contribution is -0.140. The Bertz CT molecular complexity index is 1740. The van der Waals surface area contributed by atoms with Crippen molar-refractivity contribution < 1.29 is 36.2 Å². The summed E-state index contributed by atoms with van der Waals surface area (Å²) in [7, 11) is -2.02. The zero-order valence-corrected chi connectivity index (χ0v) is 27.3. The average molecular weight is 664 g/mol. The number of halogens is 3. The largest absolute Gasteiger partial charge is 0.495 e. The maximum Gasteiger partial charge on any atom is 0.406 e. The van der Waals surface area contributed by atoms with Gasteiger partial charge in [-0.2, -0.15) is 13.2 Å². The Morgan fingerprint density at radius 2 is 1.96 bits per heavy atom. The fourth-order valence-electron chi connectivity index (χ4n) is 5.39. The number of piperidine rings is 1. The van der Waals surface area contributed by atoms with Crippen LogP contribution in [0.1, 0.15) is 49.5 Å². The van der Waals surface area contributed by atoms with E-state index >= 15 is 0 Å². The highest BCUT2D eigenvalue weighted by Gasteiger charge is 2.31. The summed E-state index contributed by atoms with van der Waals surface area (Å²) in [6.07, 6.45) is -1.02. The second-order valence-electron chi connectivity index (χ2n) is 12.4. The molecule has 2 atom stereocenters. The summed E-state index contributed by atoms with van der Waals surface area (Å²) in [5.74, 6) is 5.80. The first-order valence-corrected chi connectivity index (χ1v) is 16.7. The van der Waals surface area contributed by atoms with Crippen molar-refractivity contribution in [2.45, 2.75) is 62.9 Å². The lowest BCUT2D eigenvalue weighted by atomic mass is 9.92. The standard InChI is InChI=1S/C32H40F3N5O5S/c1-21-18-39(14-11-31(2,3)42)13-10-25(21)38-30(41)24-15-22(16-27-29(24)37-20-40(27)19-32(33,34)35)7-6-12-36-26-9-8-23(46(5,43)44)17-28(26)45-4/h8-9,15-17,20-21,25,36,42H,10-14,18-19H2,1-5H3,(H,38,41)/t21-,25-/m0/s1. The van der Waals surface area contributed by atoms with Crippen LogP contribution in [0.3, 0.4) is 0 Å². The van der Waals surface area contributed by atoms with Crippen molar-refractivity contribution in [3.63, 3.8) is 0 Å². The first kappa shape index (κ1) is 35.1. The summed E-state index contributed by atoms with van der Waals surface area (Å²) in [6, 6.07) is 7.24. The lowest BCUT2D eigenvalue weighted by Gasteiger charge is -2.38. The Kier molecular flexibility index (Phi) is 10.6. The van der Waals surface area contributed by atoms with Crippen molar-refractivity contribution in [2.24, 2.45) is 5.92 Å². The molecule has 0 saturated carbocycles. The van der Waals surface area contributed by atoms with Gasteiger partial charge in [-0.1, -0.05) is 18.8 Å². The molecule has 2 heterocycles. The molecule has 0 radical (unpaired) electrons. The Morgan fingerprint density at radius 3 is 2.59 bits per heavy atom. The van der Waals surface area contributed by atoms with Gasteiger partial charge in [0.05, 0.1) is 47.2 Å². The Morgan fingerprint density at radius 1 is 1.22 bits per heavy atom. The number of carbonyl (C=O) groups excluding carboxylic acids is 1. The van der Waals surface area contributed by atoms with E-state index < -0.39 is 34.1 Å². The van der Waals surface area contributed by atoms with Gasteiger partial charge in [-0.3, -0.25) is 4.79 Å². The zero-order chi connectivity index (χ0) is 33.9. The molecule has 10 nitrogen and oxygen atoms in total. The summed E-state index contributed by atoms with van der Waals surface area (Å²) in [5.41, 5.74) is 0.481. The third-order valence-electron chi connectivity index (χ3n) is 7.87. The molecule has 0 bridgehead atoms. The van der Waals surface area contributed by atoms with Crippen LogP contribution in [-0.4, -0.2) is 91.2 Å². The van der Waals surface area contributed by atoms with Crippen molar-refractivity contribution in [1.29, 1.82) is 0 Å². The van der Waals surface area contributed by atoms with Crippen LogP contribution < -0.4 is 15.4 Å². The number of hydrogen-bond donors (Lipinski definition) is 3. The maximum absolute atomic E-state index is 13.6. The summed E-state index contributed by atoms with van der Waals surface area (Å²) < 4.78 is 70.0. The topological polar surface area (TPSA) is 126 Å². The minimum atomic E-state index is -4.50. The first-order chi connectivity index (χ1) is 21.4. The summed E-state index contributed by atoms with van der Waals surface area (Å²) in [6.45, 7) is 6.61. The van der Waals surface area contributed by atoms with Crippen LogP contribution in [0, 0.1) is 17.8 Å². The van der Waals surface area contributed by atoms with Crippen molar-refractivity contribution >= 4 is 32.5 Å². The van der Waals surface area contributed by atoms with Crippen LogP contribution in [0.25, 0.3) is 11.0 Å². The van der Waals surface area contributed by atoms with Crippen LogP contribution in [0.4, 0.5) is 18.9 Å². The fourth-order valence-corrected chi connectivity index (χ4v) is 6.03. The molecule has 0 spiro atoms. The number of rotatable bonds is 10. The number of benzene rings is 2. The molecule has 3 N–H and O–H groups in total. The van der Waals surface area contributed by atoms with Crippen LogP contribution in [0.15, 0.2) is 41.6 Å². The number of alkyl halides is 3. The minimum absolute atomic E-state index is 0.0967. The molecule has 2 aromatic carbocycles. The van der Waals surface area contributed by atoms with E-state index in [4.69, 9.17) is 4.74 Å². The molecule has 46 heavy (non-hydrogen) atoms. The average Bonchev–Trinajstić information content (AvgIpc) is 3.35. The number of sulfone groups is 1. The Labute approximate surface area is 267 Å². The number of nitrogens with one attached hydrogen (secondary N) is 2. The number of hydrogen-bond acceptors (Lipinski definition) is 8. The quantitative estimate of drug-likeness (QED) is 0.278. The van der Waals surface area contributed by atoms with Gasteiger partial charge in [-0.15, -0.1) is 0 Å². The van der Waals surface area contributed by atoms with Crippen molar-refractivity contribution in [2.75, 3.05) is 44.9 Å². The van der Waals surface area contributed by atoms with E-state index in [2.05, 4.69) is 32.4 Å². The molecule has 14 heteroatoms. The molecule has 1 amide bonds. The predicted molar refractivity (Wildman–Crippen MR) is 170 cm³/mol. The molecule has 1 aliphatic rings. The number of nitrogens with zero attached hydrogens (tertiary/aromatic N) is 3. The minimum Gasteiger partial charge on any atom is -0.495 e. The number of likely N-dealkylation sites (tertiary alicyclic amines) is 1. The van der Waals surface area contributed by atoms with Gasteiger partial charge in [0.2, 0.25) is 0 Å². The normalized spacial score (nSPS) is 17.8. The van der Waals surface area contributed by atoms with E-state index in [9.17, 15) is 31.5 Å². The lowest BCUT2D eigenvalue weighted by Crippen LogP contribution is -2.50. The molecule has 250 valence electrons. The summed E-state index contributed by atoms with van der Waals surface area (Å²) in [5, 5.41) is 16.2. The van der Waals surface area contributed by atoms with Crippen LogP contribution in [-0.2, 0) is 16.4 Å². The van der Waals surface area contributed by atoms with Gasteiger partial charge in [0.25, 0.3) is 5.91 Å². The molecule has 1 saturated heterocycles. The predicted octanol–water partition coefficient (Wildman–Crippen LogP) is 4.08. The van der Waals surface area contributed by atoms with Gasteiger partial charge >= 0.3 is 6.18 Å². The van der Waals surface area contributed by atoms with Crippen LogP contribution >= 0.6 is 0 Å². The third kappa shape index (κ3) is 9.37. The van der Waals surface area contributed by atoms with E-state index in [1.165, 1.54) is 31.4 Å². The first-order valence-electron chi connectivity index (χ1n) is 14.9. The van der Waals surface area contributed by atoms with Crippen LogP contribution in [0.2, 0.25) is 0 Å². The Hall–Kier alpha value is -3.80. The number of ether oxygens (including phenoxy) is 1. The van der Waals surface area contributed by atoms with Gasteiger partial charge in [0.15, 0.2) is 9.84 Å². The van der Waals surface area contributed by atoms with E-state index in [0.717, 1.165) is 36.8 Å². The number of aromatic nitrogens is 2. The number of fused-ring (bicyclic) bond motifs is 1. The van der Waals surface area contributed by atoms with E-state index in [0.29, 0.717) is 29.8 Å². The molecular formula is C32H40F3N5O5S. The van der Waals surface area contributed by atoms with Crippen LogP contribution in [0.5, 0.6) is 5.75 Å². The number of anilines is 1. The molecule has 1 aliphatic heterocycles. The highest BCUT2D eigenvalue weighted by Crippen LogP contribution is 2.28. The number of methoxy groups -OCH3 is 1. The highest BCUT2D eigenvalue weighted by molar-refractivity contribution is 7.90.